The van der Waals surface area contributed by atoms with Gasteiger partial charge < -0.3 is 4.90 Å². The maximum absolute atomic E-state index is 12.7. The van der Waals surface area contributed by atoms with Crippen LogP contribution in [0.1, 0.15) is 32.1 Å². The van der Waals surface area contributed by atoms with Gasteiger partial charge in [0, 0.05) is 6.04 Å². The van der Waals surface area contributed by atoms with E-state index in [9.17, 15) is 9.59 Å². The third-order valence-corrected chi connectivity index (χ3v) is 5.20. The van der Waals surface area contributed by atoms with Gasteiger partial charge in [0.1, 0.15) is 11.2 Å². The zero-order valence-corrected chi connectivity index (χ0v) is 12.3. The van der Waals surface area contributed by atoms with E-state index in [1.54, 1.807) is 12.1 Å². The van der Waals surface area contributed by atoms with Crippen LogP contribution in [0.2, 0.25) is 5.15 Å². The molecule has 0 spiro atoms. The molecule has 2 saturated heterocycles. The molecule has 0 unspecified atom stereocenters. The Kier molecular flexibility index (Phi) is 2.92. The Morgan fingerprint density at radius 3 is 2.76 bits per heavy atom. The number of carbonyl (C=O) groups is 2. The number of amides is 3. The molecule has 110 valence electrons. The highest BCUT2D eigenvalue weighted by molar-refractivity contribution is 6.29. The molecule has 1 saturated carbocycles. The van der Waals surface area contributed by atoms with Gasteiger partial charge in [0.25, 0.3) is 5.91 Å². The Bertz CT molecular complexity index is 603. The fourth-order valence-electron chi connectivity index (χ4n) is 4.05. The molecule has 0 bridgehead atoms. The first-order chi connectivity index (χ1) is 10.2. The third kappa shape index (κ3) is 1.87. The van der Waals surface area contributed by atoms with E-state index < -0.39 is 0 Å². The van der Waals surface area contributed by atoms with Crippen LogP contribution in [0, 0.1) is 5.92 Å². The highest BCUT2D eigenvalue weighted by Crippen LogP contribution is 2.44. The number of imide groups is 1. The summed E-state index contributed by atoms with van der Waals surface area (Å²) in [6, 6.07) is 3.05. The summed E-state index contributed by atoms with van der Waals surface area (Å²) in [4.78, 5) is 32.4. The van der Waals surface area contributed by atoms with E-state index in [2.05, 4.69) is 4.98 Å². The number of anilines is 1. The van der Waals surface area contributed by atoms with Crippen LogP contribution in [0.4, 0.5) is 10.5 Å². The number of nitrogens with zero attached hydrogens (tertiary/aromatic N) is 3. The number of fused-ring (bicyclic) bond motifs is 3. The molecule has 3 fully saturated rings. The van der Waals surface area contributed by atoms with Gasteiger partial charge in [0.05, 0.1) is 11.9 Å². The number of carbonyl (C=O) groups excluding carboxylic acids is 2. The number of hydrogen-bond acceptors (Lipinski definition) is 3. The summed E-state index contributed by atoms with van der Waals surface area (Å²) in [5.74, 6) is 0.390. The van der Waals surface area contributed by atoms with E-state index in [-0.39, 0.29) is 24.0 Å². The van der Waals surface area contributed by atoms with Gasteiger partial charge in [-0.15, -0.1) is 0 Å². The normalized spacial score (nSPS) is 31.6. The van der Waals surface area contributed by atoms with Crippen molar-refractivity contribution in [1.29, 1.82) is 0 Å². The fourth-order valence-corrected chi connectivity index (χ4v) is 4.16. The molecular weight excluding hydrogens is 290 g/mol. The molecule has 6 heteroatoms. The molecule has 1 aromatic heterocycles. The predicted octanol–water partition coefficient (Wildman–Crippen LogP) is 2.83. The van der Waals surface area contributed by atoms with Crippen molar-refractivity contribution in [3.63, 3.8) is 0 Å². The van der Waals surface area contributed by atoms with Crippen LogP contribution < -0.4 is 4.90 Å². The summed E-state index contributed by atoms with van der Waals surface area (Å²) in [5, 5.41) is 0.352. The maximum Gasteiger partial charge on any atom is 0.332 e. The first-order valence-electron chi connectivity index (χ1n) is 7.44. The van der Waals surface area contributed by atoms with E-state index >= 15 is 0 Å². The van der Waals surface area contributed by atoms with Crippen LogP contribution in [0.5, 0.6) is 0 Å². The Hall–Kier alpha value is -1.62. The van der Waals surface area contributed by atoms with Crippen molar-refractivity contribution in [3.05, 3.63) is 23.5 Å². The molecule has 3 atom stereocenters. The smallest absolute Gasteiger partial charge is 0.309 e. The number of halogens is 1. The van der Waals surface area contributed by atoms with Gasteiger partial charge in [0.2, 0.25) is 0 Å². The second-order valence-electron chi connectivity index (χ2n) is 6.07. The van der Waals surface area contributed by atoms with Gasteiger partial charge in [-0.3, -0.25) is 4.79 Å². The molecule has 1 aromatic rings. The van der Waals surface area contributed by atoms with Gasteiger partial charge in [-0.25, -0.2) is 14.7 Å². The van der Waals surface area contributed by atoms with Crippen LogP contribution in [-0.4, -0.2) is 33.9 Å². The average molecular weight is 306 g/mol. The number of aromatic nitrogens is 1. The lowest BCUT2D eigenvalue weighted by atomic mass is 9.84. The van der Waals surface area contributed by atoms with E-state index in [4.69, 9.17) is 11.6 Å². The molecule has 3 amide bonds. The van der Waals surface area contributed by atoms with Crippen LogP contribution in [0.15, 0.2) is 18.3 Å². The second kappa shape index (κ2) is 4.70. The topological polar surface area (TPSA) is 53.5 Å². The lowest BCUT2D eigenvalue weighted by Gasteiger charge is -2.30. The van der Waals surface area contributed by atoms with Gasteiger partial charge in [-0.05, 0) is 37.3 Å². The number of pyridine rings is 1. The predicted molar refractivity (Wildman–Crippen MR) is 78.1 cm³/mol. The molecule has 21 heavy (non-hydrogen) atoms. The molecule has 0 N–H and O–H groups in total. The van der Waals surface area contributed by atoms with Crippen LogP contribution in [0.3, 0.4) is 0 Å². The van der Waals surface area contributed by atoms with Gasteiger partial charge >= 0.3 is 6.03 Å². The zero-order valence-electron chi connectivity index (χ0n) is 11.5. The Labute approximate surface area is 127 Å². The average Bonchev–Trinajstić information content (AvgIpc) is 2.98. The van der Waals surface area contributed by atoms with Crippen LogP contribution in [0.25, 0.3) is 0 Å². The third-order valence-electron chi connectivity index (χ3n) is 4.98. The molecule has 2 aliphatic heterocycles. The molecular formula is C15H16ClN3O2. The summed E-state index contributed by atoms with van der Waals surface area (Å²) in [5.41, 5.74) is 0.510. The van der Waals surface area contributed by atoms with Crippen LogP contribution in [-0.2, 0) is 4.79 Å². The number of rotatable bonds is 1. The minimum Gasteiger partial charge on any atom is -0.309 e. The molecule has 0 radical (unpaired) electrons. The molecule has 5 nitrogen and oxygen atoms in total. The highest BCUT2D eigenvalue weighted by atomic mass is 35.5. The quantitative estimate of drug-likeness (QED) is 0.592. The lowest BCUT2D eigenvalue weighted by molar-refractivity contribution is -0.119. The monoisotopic (exact) mass is 305 g/mol. The number of hydrogen-bond donors (Lipinski definition) is 0. The van der Waals surface area contributed by atoms with E-state index in [1.165, 1.54) is 17.5 Å². The molecule has 0 aromatic carbocycles. The molecule has 4 rings (SSSR count). The van der Waals surface area contributed by atoms with Crippen molar-refractivity contribution >= 4 is 29.2 Å². The summed E-state index contributed by atoms with van der Waals surface area (Å²) < 4.78 is 0. The molecule has 3 aliphatic rings. The standard InChI is InChI=1S/C15H16ClN3O2/c16-13-6-5-10(8-17-13)18-14(20)12-7-9-3-1-2-4-11(9)19(12)15(18)21/h5-6,8-9,11-12H,1-4,7H2/t9-,11+,12+/m1/s1. The van der Waals surface area contributed by atoms with Gasteiger partial charge in [-0.1, -0.05) is 24.4 Å². The van der Waals surface area contributed by atoms with Crippen LogP contribution >= 0.6 is 11.6 Å². The molecule has 1 aliphatic carbocycles. The Morgan fingerprint density at radius 1 is 1.19 bits per heavy atom. The second-order valence-corrected chi connectivity index (χ2v) is 6.45. The van der Waals surface area contributed by atoms with Crippen molar-refractivity contribution in [2.75, 3.05) is 4.90 Å². The first kappa shape index (κ1) is 13.1. The summed E-state index contributed by atoms with van der Waals surface area (Å²) in [7, 11) is 0. The fraction of sp³-hybridized carbons (Fsp3) is 0.533. The minimum absolute atomic E-state index is 0.112. The molecule has 3 heterocycles. The summed E-state index contributed by atoms with van der Waals surface area (Å²) in [6.45, 7) is 0. The van der Waals surface area contributed by atoms with E-state index in [1.807, 2.05) is 4.90 Å². The highest BCUT2D eigenvalue weighted by Gasteiger charge is 2.55. The van der Waals surface area contributed by atoms with E-state index in [0.717, 1.165) is 25.7 Å². The minimum atomic E-state index is -0.277. The summed E-state index contributed by atoms with van der Waals surface area (Å²) in [6.07, 6.45) is 6.82. The zero-order chi connectivity index (χ0) is 14.6. The number of urea groups is 1. The Balaban J connectivity index is 1.66. The summed E-state index contributed by atoms with van der Waals surface area (Å²) >= 11 is 5.77. The Morgan fingerprint density at radius 2 is 2.00 bits per heavy atom. The van der Waals surface area contributed by atoms with Crippen molar-refractivity contribution in [3.8, 4) is 0 Å². The van der Waals surface area contributed by atoms with Crippen molar-refractivity contribution in [2.45, 2.75) is 44.2 Å². The van der Waals surface area contributed by atoms with Crippen molar-refractivity contribution in [2.24, 2.45) is 5.92 Å². The van der Waals surface area contributed by atoms with E-state index in [0.29, 0.717) is 16.8 Å². The first-order valence-corrected chi connectivity index (χ1v) is 7.82. The largest absolute Gasteiger partial charge is 0.332 e. The van der Waals surface area contributed by atoms with Crippen molar-refractivity contribution in [1.82, 2.24) is 9.88 Å². The van der Waals surface area contributed by atoms with Gasteiger partial charge in [0.15, 0.2) is 0 Å². The lowest BCUT2D eigenvalue weighted by Crippen LogP contribution is -2.41. The maximum atomic E-state index is 12.7. The van der Waals surface area contributed by atoms with Crippen molar-refractivity contribution < 1.29 is 9.59 Å². The van der Waals surface area contributed by atoms with Gasteiger partial charge in [-0.2, -0.15) is 0 Å². The SMILES string of the molecule is O=C1[C@@H]2C[C@H]3CCCC[C@@H]3N2C(=O)N1c1ccc(Cl)nc1.